The van der Waals surface area contributed by atoms with Crippen molar-refractivity contribution < 1.29 is 0 Å². The maximum absolute atomic E-state index is 6.45. The summed E-state index contributed by atoms with van der Waals surface area (Å²) in [6.45, 7) is 4.18. The smallest absolute Gasteiger partial charge is 0.0438 e. The molecule has 1 atom stereocenters. The first-order valence-corrected chi connectivity index (χ1v) is 7.98. The molecule has 0 aromatic heterocycles. The average Bonchev–Trinajstić information content (AvgIpc) is 2.62. The van der Waals surface area contributed by atoms with Crippen LogP contribution in [0.3, 0.4) is 0 Å². The average molecular weight is 280 g/mol. The summed E-state index contributed by atoms with van der Waals surface area (Å²) in [7, 11) is 0. The van der Waals surface area contributed by atoms with Crippen LogP contribution in [0.15, 0.2) is 12.1 Å². The van der Waals surface area contributed by atoms with E-state index in [-0.39, 0.29) is 6.04 Å². The number of hydrogen-bond donors (Lipinski definition) is 1. The van der Waals surface area contributed by atoms with Gasteiger partial charge >= 0.3 is 0 Å². The molecule has 1 nitrogen and oxygen atoms in total. The largest absolute Gasteiger partial charge is 0.324 e. The maximum atomic E-state index is 6.45. The van der Waals surface area contributed by atoms with Gasteiger partial charge in [0.25, 0.3) is 0 Å². The van der Waals surface area contributed by atoms with E-state index in [1.807, 2.05) is 0 Å². The molecule has 2 N–H and O–H groups in total. The van der Waals surface area contributed by atoms with Crippen molar-refractivity contribution >= 4 is 11.6 Å². The molecule has 1 aliphatic rings. The van der Waals surface area contributed by atoms with Crippen LogP contribution >= 0.6 is 11.6 Å². The summed E-state index contributed by atoms with van der Waals surface area (Å²) in [5, 5.41) is 0.850. The van der Waals surface area contributed by atoms with Gasteiger partial charge in [-0.05, 0) is 48.9 Å². The van der Waals surface area contributed by atoms with Gasteiger partial charge in [0.2, 0.25) is 0 Å². The van der Waals surface area contributed by atoms with E-state index < -0.39 is 0 Å². The van der Waals surface area contributed by atoms with E-state index in [4.69, 9.17) is 17.3 Å². The number of aryl methyl sites for hydroxylation is 2. The first-order chi connectivity index (χ1) is 9.08. The molecule has 1 saturated carbocycles. The molecule has 106 valence electrons. The van der Waals surface area contributed by atoms with Crippen molar-refractivity contribution in [1.82, 2.24) is 0 Å². The molecular weight excluding hydrogens is 254 g/mol. The highest BCUT2D eigenvalue weighted by molar-refractivity contribution is 6.31. The van der Waals surface area contributed by atoms with E-state index in [1.165, 1.54) is 49.7 Å². The van der Waals surface area contributed by atoms with Gasteiger partial charge < -0.3 is 5.73 Å². The highest BCUT2D eigenvalue weighted by Gasteiger charge is 2.18. The summed E-state index contributed by atoms with van der Waals surface area (Å²) < 4.78 is 0. The van der Waals surface area contributed by atoms with Crippen molar-refractivity contribution in [3.05, 3.63) is 33.8 Å². The van der Waals surface area contributed by atoms with Gasteiger partial charge in [-0.1, -0.05) is 56.2 Å². The summed E-state index contributed by atoms with van der Waals surface area (Å²) in [6.07, 6.45) is 9.43. The number of halogens is 1. The van der Waals surface area contributed by atoms with Gasteiger partial charge in [-0.15, -0.1) is 0 Å². The Morgan fingerprint density at radius 3 is 2.37 bits per heavy atom. The zero-order valence-corrected chi connectivity index (χ0v) is 13.0. The molecule has 0 amide bonds. The predicted molar refractivity (Wildman–Crippen MR) is 83.7 cm³/mol. The fourth-order valence-corrected chi connectivity index (χ4v) is 3.51. The molecule has 2 rings (SSSR count). The fourth-order valence-electron chi connectivity index (χ4n) is 3.29. The number of rotatable bonds is 3. The molecule has 19 heavy (non-hydrogen) atoms. The third-order valence-electron chi connectivity index (χ3n) is 4.51. The summed E-state index contributed by atoms with van der Waals surface area (Å²) in [4.78, 5) is 0. The number of benzene rings is 1. The third kappa shape index (κ3) is 3.97. The van der Waals surface area contributed by atoms with Gasteiger partial charge in [-0.2, -0.15) is 0 Å². The molecule has 1 aliphatic carbocycles. The molecular formula is C17H26ClN. The highest BCUT2D eigenvalue weighted by Crippen LogP contribution is 2.32. The van der Waals surface area contributed by atoms with E-state index >= 15 is 0 Å². The Hall–Kier alpha value is -0.530. The van der Waals surface area contributed by atoms with Crippen molar-refractivity contribution in [1.29, 1.82) is 0 Å². The SMILES string of the molecule is Cc1cc(C(N)CC2CCCCCC2)c(C)cc1Cl. The molecule has 0 radical (unpaired) electrons. The van der Waals surface area contributed by atoms with E-state index in [0.717, 1.165) is 22.9 Å². The van der Waals surface area contributed by atoms with Crippen molar-refractivity contribution in [2.75, 3.05) is 0 Å². The molecule has 0 aliphatic heterocycles. The van der Waals surface area contributed by atoms with Crippen LogP contribution in [0.1, 0.15) is 67.7 Å². The molecule has 1 aromatic rings. The molecule has 0 spiro atoms. The van der Waals surface area contributed by atoms with Crippen molar-refractivity contribution in [3.8, 4) is 0 Å². The Morgan fingerprint density at radius 2 is 1.74 bits per heavy atom. The van der Waals surface area contributed by atoms with Crippen LogP contribution in [0.2, 0.25) is 5.02 Å². The van der Waals surface area contributed by atoms with Crippen molar-refractivity contribution in [3.63, 3.8) is 0 Å². The molecule has 1 aromatic carbocycles. The molecule has 0 heterocycles. The minimum Gasteiger partial charge on any atom is -0.324 e. The Balaban J connectivity index is 2.06. The Bertz CT molecular complexity index is 420. The van der Waals surface area contributed by atoms with Crippen molar-refractivity contribution in [2.45, 2.75) is 64.8 Å². The zero-order valence-electron chi connectivity index (χ0n) is 12.2. The standard InChI is InChI=1S/C17H26ClN/c1-12-10-16(18)13(2)9-15(12)17(19)11-14-7-5-3-4-6-8-14/h9-10,14,17H,3-8,11,19H2,1-2H3. The first kappa shape index (κ1) is 14.9. The highest BCUT2D eigenvalue weighted by atomic mass is 35.5. The van der Waals surface area contributed by atoms with Gasteiger partial charge in [0, 0.05) is 11.1 Å². The van der Waals surface area contributed by atoms with Crippen LogP contribution < -0.4 is 5.73 Å². The Kier molecular flexibility index (Phi) is 5.29. The van der Waals surface area contributed by atoms with E-state index in [9.17, 15) is 0 Å². The Morgan fingerprint density at radius 1 is 1.11 bits per heavy atom. The lowest BCUT2D eigenvalue weighted by Gasteiger charge is -2.21. The summed E-state index contributed by atoms with van der Waals surface area (Å²) >= 11 is 6.16. The van der Waals surface area contributed by atoms with Crippen LogP contribution in [-0.4, -0.2) is 0 Å². The molecule has 2 heteroatoms. The first-order valence-electron chi connectivity index (χ1n) is 7.60. The summed E-state index contributed by atoms with van der Waals surface area (Å²) in [6, 6.07) is 4.40. The van der Waals surface area contributed by atoms with Gasteiger partial charge in [-0.25, -0.2) is 0 Å². The van der Waals surface area contributed by atoms with Crippen LogP contribution in [0.25, 0.3) is 0 Å². The minimum atomic E-state index is 0.166. The normalized spacial score (nSPS) is 19.2. The second-order valence-electron chi connectivity index (χ2n) is 6.16. The molecule has 1 fully saturated rings. The van der Waals surface area contributed by atoms with Crippen molar-refractivity contribution in [2.24, 2.45) is 11.7 Å². The third-order valence-corrected chi connectivity index (χ3v) is 4.92. The quantitative estimate of drug-likeness (QED) is 0.745. The molecule has 0 saturated heterocycles. The van der Waals surface area contributed by atoms with E-state index in [1.54, 1.807) is 0 Å². The topological polar surface area (TPSA) is 26.0 Å². The van der Waals surface area contributed by atoms with Crippen LogP contribution in [0.5, 0.6) is 0 Å². The second-order valence-corrected chi connectivity index (χ2v) is 6.56. The van der Waals surface area contributed by atoms with Crippen LogP contribution in [0, 0.1) is 19.8 Å². The van der Waals surface area contributed by atoms with Gasteiger partial charge in [0.15, 0.2) is 0 Å². The van der Waals surface area contributed by atoms with Gasteiger partial charge in [0.1, 0.15) is 0 Å². The second kappa shape index (κ2) is 6.76. The maximum Gasteiger partial charge on any atom is 0.0438 e. The lowest BCUT2D eigenvalue weighted by Crippen LogP contribution is -2.16. The Labute approximate surface area is 122 Å². The zero-order chi connectivity index (χ0) is 13.8. The lowest BCUT2D eigenvalue weighted by molar-refractivity contribution is 0.392. The summed E-state index contributed by atoms with van der Waals surface area (Å²) in [5.41, 5.74) is 10.1. The predicted octanol–water partition coefficient (Wildman–Crippen LogP) is 5.32. The number of nitrogens with two attached hydrogens (primary N) is 1. The minimum absolute atomic E-state index is 0.166. The van der Waals surface area contributed by atoms with Gasteiger partial charge in [0.05, 0.1) is 0 Å². The number of hydrogen-bond acceptors (Lipinski definition) is 1. The molecule has 1 unspecified atom stereocenters. The van der Waals surface area contributed by atoms with Gasteiger partial charge in [-0.3, -0.25) is 0 Å². The fraction of sp³-hybridized carbons (Fsp3) is 0.647. The van der Waals surface area contributed by atoms with Crippen LogP contribution in [-0.2, 0) is 0 Å². The van der Waals surface area contributed by atoms with Crippen LogP contribution in [0.4, 0.5) is 0 Å². The van der Waals surface area contributed by atoms with E-state index in [2.05, 4.69) is 26.0 Å². The monoisotopic (exact) mass is 279 g/mol. The molecule has 0 bridgehead atoms. The summed E-state index contributed by atoms with van der Waals surface area (Å²) in [5.74, 6) is 0.813. The lowest BCUT2D eigenvalue weighted by atomic mass is 9.88. The van der Waals surface area contributed by atoms with E-state index in [0.29, 0.717) is 0 Å².